The van der Waals surface area contributed by atoms with Crippen LogP contribution in [0.25, 0.3) is 0 Å². The summed E-state index contributed by atoms with van der Waals surface area (Å²) in [5.74, 6) is 5.52. The molecule has 0 spiro atoms. The number of halogens is 1. The number of ketones is 1. The summed E-state index contributed by atoms with van der Waals surface area (Å²) in [4.78, 5) is 11.5. The van der Waals surface area contributed by atoms with E-state index in [4.69, 9.17) is 5.84 Å². The van der Waals surface area contributed by atoms with Gasteiger partial charge in [-0.15, -0.1) is 9.36 Å². The van der Waals surface area contributed by atoms with Crippen LogP contribution in [-0.2, 0) is 11.3 Å². The summed E-state index contributed by atoms with van der Waals surface area (Å²) in [6.07, 6.45) is 3.03. The molecule has 0 saturated heterocycles. The second kappa shape index (κ2) is 4.54. The number of nitrogens with zero attached hydrogens (tertiary/aromatic N) is 3. The molecular weight excluding hydrogens is 248 g/mol. The summed E-state index contributed by atoms with van der Waals surface area (Å²) in [7, 11) is 0. The summed E-state index contributed by atoms with van der Waals surface area (Å²) < 4.78 is 2.84. The van der Waals surface area contributed by atoms with Gasteiger partial charge in [-0.05, 0) is 0 Å². The predicted molar refractivity (Wildman–Crippen MR) is 47.0 cm³/mol. The van der Waals surface area contributed by atoms with Crippen molar-refractivity contribution in [1.82, 2.24) is 9.78 Å². The van der Waals surface area contributed by atoms with Gasteiger partial charge in [0.2, 0.25) is 6.33 Å². The van der Waals surface area contributed by atoms with Gasteiger partial charge in [0.05, 0.1) is 0 Å². The molecule has 5 nitrogen and oxygen atoms in total. The Morgan fingerprint density at radius 3 is 2.50 bits per heavy atom. The molecule has 2 N–H and O–H groups in total. The van der Waals surface area contributed by atoms with E-state index >= 15 is 0 Å². The summed E-state index contributed by atoms with van der Waals surface area (Å²) >= 11 is 0. The fourth-order valence-electron chi connectivity index (χ4n) is 0.805. The third kappa shape index (κ3) is 3.45. The van der Waals surface area contributed by atoms with Gasteiger partial charge in [0, 0.05) is 10.5 Å². The molecule has 0 saturated carbocycles. The van der Waals surface area contributed by atoms with Crippen molar-refractivity contribution in [2.75, 3.05) is 5.84 Å². The van der Waals surface area contributed by atoms with Crippen molar-refractivity contribution in [3.63, 3.8) is 0 Å². The molecule has 0 radical (unpaired) electrons. The number of Topliss-reactive ketones (excluding diaryl/α,β-unsaturated/α-hetero) is 1. The highest BCUT2D eigenvalue weighted by atomic mass is 79.9. The Kier molecular flexibility index (Phi) is 4.25. The number of hydrogen-bond acceptors (Lipinski definition) is 3. The highest BCUT2D eigenvalue weighted by Crippen LogP contribution is 2.14. The Labute approximate surface area is 93.6 Å². The van der Waals surface area contributed by atoms with E-state index in [0.717, 1.165) is 0 Å². The number of nitrogen functional groups attached to an aromatic ring is 1. The van der Waals surface area contributed by atoms with Gasteiger partial charge in [0.1, 0.15) is 0 Å². The SMILES string of the molecule is CC(C)(C)C(=O)Cn1c[n+](N)cn1.[Br-]. The van der Waals surface area contributed by atoms with Crippen LogP contribution in [0.3, 0.4) is 0 Å². The van der Waals surface area contributed by atoms with Gasteiger partial charge in [-0.2, -0.15) is 0 Å². The molecule has 1 heterocycles. The zero-order valence-electron chi connectivity index (χ0n) is 8.57. The maximum absolute atomic E-state index is 11.5. The topological polar surface area (TPSA) is 64.8 Å². The fraction of sp³-hybridized carbons (Fsp3) is 0.625. The van der Waals surface area contributed by atoms with Crippen molar-refractivity contribution in [2.45, 2.75) is 27.3 Å². The Balaban J connectivity index is 0.00000169. The molecule has 0 bridgehead atoms. The third-order valence-corrected chi connectivity index (χ3v) is 1.74. The predicted octanol–water partition coefficient (Wildman–Crippen LogP) is -3.50. The van der Waals surface area contributed by atoms with Crippen LogP contribution in [0.15, 0.2) is 12.7 Å². The first kappa shape index (κ1) is 13.1. The number of carbonyl (C=O) groups excluding carboxylic acids is 1. The smallest absolute Gasteiger partial charge is 0.286 e. The maximum atomic E-state index is 11.5. The van der Waals surface area contributed by atoms with Crippen molar-refractivity contribution < 1.29 is 26.5 Å². The molecule has 1 rings (SSSR count). The Bertz CT molecular complexity index is 315. The molecule has 0 fully saturated rings. The summed E-state index contributed by atoms with van der Waals surface area (Å²) in [5.41, 5.74) is -0.328. The minimum atomic E-state index is -0.328. The first-order chi connectivity index (χ1) is 5.89. The molecule has 0 unspecified atom stereocenters. The van der Waals surface area contributed by atoms with Crippen molar-refractivity contribution >= 4 is 5.78 Å². The van der Waals surface area contributed by atoms with Crippen LogP contribution >= 0.6 is 0 Å². The lowest BCUT2D eigenvalue weighted by Gasteiger charge is -2.13. The lowest BCUT2D eigenvalue weighted by molar-refractivity contribution is -0.639. The van der Waals surface area contributed by atoms with Crippen LogP contribution in [0.5, 0.6) is 0 Å². The van der Waals surface area contributed by atoms with E-state index in [1.165, 1.54) is 15.7 Å². The van der Waals surface area contributed by atoms with Crippen molar-refractivity contribution in [1.29, 1.82) is 0 Å². The molecule has 1 aromatic rings. The lowest BCUT2D eigenvalue weighted by atomic mass is 9.91. The van der Waals surface area contributed by atoms with Gasteiger partial charge in [-0.3, -0.25) is 10.6 Å². The monoisotopic (exact) mass is 262 g/mol. The first-order valence-corrected chi connectivity index (χ1v) is 4.11. The highest BCUT2D eigenvalue weighted by Gasteiger charge is 2.23. The quantitative estimate of drug-likeness (QED) is 0.445. The molecule has 6 heteroatoms. The van der Waals surface area contributed by atoms with Gasteiger partial charge < -0.3 is 17.0 Å². The minimum absolute atomic E-state index is 0. The van der Waals surface area contributed by atoms with Crippen molar-refractivity contribution in [3.05, 3.63) is 12.7 Å². The molecule has 0 amide bonds. The number of carbonyl (C=O) groups is 1. The van der Waals surface area contributed by atoms with Gasteiger partial charge >= 0.3 is 0 Å². The normalized spacial score (nSPS) is 10.8. The summed E-state index contributed by atoms with van der Waals surface area (Å²) in [6, 6.07) is 0. The molecule has 14 heavy (non-hydrogen) atoms. The Hall–Kier alpha value is -0.910. The first-order valence-electron chi connectivity index (χ1n) is 4.11. The van der Waals surface area contributed by atoms with E-state index < -0.39 is 0 Å². The number of nitrogens with two attached hydrogens (primary N) is 1. The zero-order chi connectivity index (χ0) is 10.1. The van der Waals surface area contributed by atoms with E-state index in [9.17, 15) is 4.79 Å². The number of aromatic nitrogens is 3. The van der Waals surface area contributed by atoms with Crippen LogP contribution in [-0.4, -0.2) is 15.6 Å². The minimum Gasteiger partial charge on any atom is -1.00 e. The molecule has 0 atom stereocenters. The van der Waals surface area contributed by atoms with Gasteiger partial charge in [-0.25, -0.2) is 0 Å². The van der Waals surface area contributed by atoms with E-state index in [2.05, 4.69) is 5.10 Å². The van der Waals surface area contributed by atoms with Gasteiger partial charge in [0.25, 0.3) is 6.33 Å². The van der Waals surface area contributed by atoms with E-state index in [0.29, 0.717) is 0 Å². The Morgan fingerprint density at radius 2 is 2.14 bits per heavy atom. The molecule has 0 aliphatic rings. The molecule has 0 aliphatic heterocycles. The van der Waals surface area contributed by atoms with Crippen LogP contribution in [0.4, 0.5) is 0 Å². The molecule has 0 aliphatic carbocycles. The largest absolute Gasteiger partial charge is 1.00 e. The summed E-state index contributed by atoms with van der Waals surface area (Å²) in [5, 5.41) is 3.90. The Morgan fingerprint density at radius 1 is 1.57 bits per heavy atom. The average Bonchev–Trinajstić information content (AvgIpc) is 2.33. The maximum Gasteiger partial charge on any atom is 0.286 e. The number of hydrogen-bond donors (Lipinski definition) is 1. The van der Waals surface area contributed by atoms with Crippen molar-refractivity contribution in [3.8, 4) is 0 Å². The van der Waals surface area contributed by atoms with Crippen molar-refractivity contribution in [2.24, 2.45) is 5.41 Å². The lowest BCUT2D eigenvalue weighted by Crippen LogP contribution is -3.00. The fourth-order valence-corrected chi connectivity index (χ4v) is 0.805. The van der Waals surface area contributed by atoms with Gasteiger partial charge in [0.15, 0.2) is 12.3 Å². The second-order valence-corrected chi connectivity index (χ2v) is 4.06. The molecule has 1 aromatic heterocycles. The van der Waals surface area contributed by atoms with Crippen LogP contribution < -0.4 is 27.5 Å². The molecule has 80 valence electrons. The van der Waals surface area contributed by atoms with E-state index in [1.54, 1.807) is 6.33 Å². The molecular formula is C8H15BrN4O. The van der Waals surface area contributed by atoms with Crippen LogP contribution in [0, 0.1) is 5.41 Å². The van der Waals surface area contributed by atoms with E-state index in [-0.39, 0.29) is 34.7 Å². The van der Waals surface area contributed by atoms with Gasteiger partial charge in [-0.1, -0.05) is 20.8 Å². The summed E-state index contributed by atoms with van der Waals surface area (Å²) in [6.45, 7) is 5.92. The second-order valence-electron chi connectivity index (χ2n) is 4.06. The number of rotatable bonds is 2. The zero-order valence-corrected chi connectivity index (χ0v) is 10.2. The average molecular weight is 263 g/mol. The third-order valence-electron chi connectivity index (χ3n) is 1.74. The van der Waals surface area contributed by atoms with E-state index in [1.807, 2.05) is 20.8 Å². The molecule has 0 aromatic carbocycles. The highest BCUT2D eigenvalue weighted by molar-refractivity contribution is 5.83. The standard InChI is InChI=1S/C8H15N4O.BrH/c1-8(2,3)7(13)4-12-6-11(9)5-10-12;/h5-6H,4,9H2,1-3H3;1H/q+1;/p-1. The van der Waals surface area contributed by atoms with Crippen LogP contribution in [0.2, 0.25) is 0 Å². The van der Waals surface area contributed by atoms with Crippen LogP contribution in [0.1, 0.15) is 20.8 Å².